The number of hydrogen-bond acceptors (Lipinski definition) is 33. The molecule has 0 unspecified atom stereocenters. The first kappa shape index (κ1) is 127. The van der Waals surface area contributed by atoms with Crippen molar-refractivity contribution >= 4 is 183 Å². The Morgan fingerprint density at radius 2 is 0.899 bits per heavy atom. The largest absolute Gasteiger partial charge is 0.508 e. The minimum atomic E-state index is -2.08. The molecule has 18 amide bonds. The van der Waals surface area contributed by atoms with Gasteiger partial charge in [0.25, 0.3) is 0 Å². The van der Waals surface area contributed by atoms with Crippen LogP contribution in [0.1, 0.15) is 138 Å². The molecule has 826 valence electrons. The molecule has 0 bridgehead atoms. The van der Waals surface area contributed by atoms with E-state index in [9.17, 15) is 132 Å². The molecule has 1 aromatic rings. The quantitative estimate of drug-likeness (QED) is 0.0125. The fourth-order valence-corrected chi connectivity index (χ4v) is 18.3. The minimum Gasteiger partial charge on any atom is -0.508 e. The van der Waals surface area contributed by atoms with Gasteiger partial charge in [-0.25, -0.2) is 4.79 Å². The Morgan fingerprint density at radius 1 is 0.466 bits per heavy atom. The van der Waals surface area contributed by atoms with E-state index in [0.29, 0.717) is 0 Å². The number of carboxylic acids is 3. The molecule has 3 aliphatic heterocycles. The Bertz CT molecular complexity index is 4800. The van der Waals surface area contributed by atoms with Crippen molar-refractivity contribution in [3.63, 3.8) is 0 Å². The van der Waals surface area contributed by atoms with Crippen molar-refractivity contribution in [3.8, 4) is 5.75 Å². The average molecular weight is 2170 g/mol. The summed E-state index contributed by atoms with van der Waals surface area (Å²) in [5.41, 5.74) is 22.8. The van der Waals surface area contributed by atoms with Crippen molar-refractivity contribution in [2.75, 3.05) is 85.5 Å². The average Bonchev–Trinajstić information content (AvgIpc) is 1.66. The van der Waals surface area contributed by atoms with Gasteiger partial charge in [-0.05, 0) is 107 Å². The van der Waals surface area contributed by atoms with Gasteiger partial charge < -0.3 is 164 Å². The molecule has 1 saturated heterocycles. The first-order valence-corrected chi connectivity index (χ1v) is 52.4. The number of amides is 18. The first-order chi connectivity index (χ1) is 69.9. The molecular formula is C90H143N25O29S4. The number of aromatic hydroxyl groups is 1. The van der Waals surface area contributed by atoms with Gasteiger partial charge in [-0.3, -0.25) is 107 Å². The molecule has 0 saturated carbocycles. The summed E-state index contributed by atoms with van der Waals surface area (Å²) in [5.74, 6) is -28.3. The molecule has 19 atom stereocenters. The van der Waals surface area contributed by atoms with Gasteiger partial charge in [0.2, 0.25) is 106 Å². The van der Waals surface area contributed by atoms with E-state index in [-0.39, 0.29) is 116 Å². The highest BCUT2D eigenvalue weighted by molar-refractivity contribution is 8.00. The molecule has 4 rings (SSSR count). The number of nitrogens with one attached hydrogen (secondary N) is 20. The van der Waals surface area contributed by atoms with Gasteiger partial charge in [-0.2, -0.15) is 47.0 Å². The van der Waals surface area contributed by atoms with Crippen LogP contribution < -0.4 is 119 Å². The number of fused-ring (bicyclic) bond motifs is 1. The summed E-state index contributed by atoms with van der Waals surface area (Å²) >= 11 is 4.12. The van der Waals surface area contributed by atoms with Gasteiger partial charge in [0.15, 0.2) is 11.9 Å². The van der Waals surface area contributed by atoms with Crippen LogP contribution in [0.2, 0.25) is 0 Å². The molecule has 3 heterocycles. The fraction of sp³-hybridized carbons (Fsp3) is 0.633. The zero-order chi connectivity index (χ0) is 111. The predicted octanol–water partition coefficient (Wildman–Crippen LogP) is -9.60. The monoisotopic (exact) mass is 2170 g/mol. The number of aliphatic hydroxyl groups excluding tert-OH is 4. The molecular weight excluding hydrogens is 2020 g/mol. The van der Waals surface area contributed by atoms with Crippen LogP contribution in [0.15, 0.2) is 48.6 Å². The molecule has 0 radical (unpaired) electrons. The maximum absolute atomic E-state index is 15.2. The molecule has 1 fully saturated rings. The number of aliphatic hydroxyl groups is 4. The highest BCUT2D eigenvalue weighted by Gasteiger charge is 2.44. The summed E-state index contributed by atoms with van der Waals surface area (Å²) in [6.07, 6.45) is -0.581. The maximum atomic E-state index is 15.2. The molecule has 148 heavy (non-hydrogen) atoms. The molecule has 1 aromatic carbocycles. The summed E-state index contributed by atoms with van der Waals surface area (Å²) < 4.78 is 0. The van der Waals surface area contributed by atoms with E-state index in [4.69, 9.17) is 33.8 Å². The Hall–Kier alpha value is -12.9. The fourth-order valence-electron chi connectivity index (χ4n) is 14.8. The van der Waals surface area contributed by atoms with Crippen LogP contribution in [0.3, 0.4) is 0 Å². The predicted molar refractivity (Wildman–Crippen MR) is 543 cm³/mol. The second-order valence-corrected chi connectivity index (χ2v) is 40.5. The summed E-state index contributed by atoms with van der Waals surface area (Å²) in [7, 11) is 0. The second-order valence-electron chi connectivity index (χ2n) is 36.2. The van der Waals surface area contributed by atoms with Crippen molar-refractivity contribution in [2.45, 2.75) is 253 Å². The third-order valence-electron chi connectivity index (χ3n) is 22.7. The third kappa shape index (κ3) is 46.7. The summed E-state index contributed by atoms with van der Waals surface area (Å²) in [5, 5.41) is 142. The number of phenolic OH excluding ortho intramolecular Hbond substituents is 1. The Morgan fingerprint density at radius 3 is 1.37 bits per heavy atom. The second kappa shape index (κ2) is 66.4. The number of nitrogens with zero attached hydrogens (tertiary/aromatic N) is 1. The molecule has 0 aromatic heterocycles. The number of rotatable bonds is 42. The molecule has 58 heteroatoms. The number of guanidine groups is 2. The van der Waals surface area contributed by atoms with Crippen molar-refractivity contribution in [1.29, 1.82) is 10.8 Å². The van der Waals surface area contributed by atoms with Gasteiger partial charge >= 0.3 is 17.9 Å². The molecule has 3 aliphatic rings. The van der Waals surface area contributed by atoms with E-state index in [1.165, 1.54) is 43.0 Å². The van der Waals surface area contributed by atoms with Crippen LogP contribution in [-0.2, 0) is 107 Å². The van der Waals surface area contributed by atoms with Crippen molar-refractivity contribution in [2.24, 2.45) is 40.7 Å². The number of primary amides is 1. The topological polar surface area (TPSA) is 892 Å². The van der Waals surface area contributed by atoms with Crippen LogP contribution in [0.5, 0.6) is 5.75 Å². The summed E-state index contributed by atoms with van der Waals surface area (Å²) in [4.78, 5) is 297. The normalized spacial score (nSPS) is 23.4. The van der Waals surface area contributed by atoms with E-state index in [1.807, 2.05) is 0 Å². The van der Waals surface area contributed by atoms with Gasteiger partial charge in [0.1, 0.15) is 115 Å². The lowest BCUT2D eigenvalue weighted by Gasteiger charge is -2.30. The number of thioether (sulfide) groups is 4. The van der Waals surface area contributed by atoms with Gasteiger partial charge in [-0.1, -0.05) is 78.0 Å². The van der Waals surface area contributed by atoms with Crippen LogP contribution >= 0.6 is 47.0 Å². The van der Waals surface area contributed by atoms with E-state index in [0.717, 1.165) is 54.0 Å². The maximum Gasteiger partial charge on any atom is 0.328 e. The van der Waals surface area contributed by atoms with Crippen LogP contribution in [-0.4, -0.2) is 382 Å². The summed E-state index contributed by atoms with van der Waals surface area (Å²) in [6.45, 7) is 7.21. The number of phenols is 1. The van der Waals surface area contributed by atoms with Gasteiger partial charge in [-0.15, -0.1) is 0 Å². The Labute approximate surface area is 870 Å². The highest BCUT2D eigenvalue weighted by atomic mass is 32.2. The first-order valence-electron chi connectivity index (χ1n) is 47.8. The van der Waals surface area contributed by atoms with E-state index >= 15 is 9.59 Å². The SMILES string of the molecule is CC(C)C[C@@H]1NC(=O)[C@H](CCC(N)=O)NC(=O)[C@@H]2CCCN2C(=O)[C@@H](NC(=O)[C@@H](N)CO)CSC/C=C/CSC[C@@H](C(=O)N[C@@H](CO)C(=O)N[C@@H](CCCNC(=N)N)C(=O)N[C@H](C(=O)N[C@@H](CCCNC(=N)N)C(=O)N[C@H]2CSC/C=C/CSC[C@@H](C(=O)N[C@@H](CO)C(=O)O)NC(=O)[C@H](CC(=O)O)NC(=O)[C@H](CC(C)C)NC(=O)[C@H](C(C)C)NC2=O)[C@@H](C)O)NC(=O)[C@H](Cc2ccc(O)cc2)NC(=O)[C@H](CCC(=O)O)NC1=O. The zero-order valence-electron chi connectivity index (χ0n) is 83.2. The number of carboxylic acid groups (broad SMARTS) is 3. The molecule has 54 nitrogen and oxygen atoms in total. The number of hydrogen-bond donors (Lipinski definition) is 32. The summed E-state index contributed by atoms with van der Waals surface area (Å²) in [6, 6.07) is -25.6. The van der Waals surface area contributed by atoms with E-state index < -0.39 is 339 Å². The third-order valence-corrected chi connectivity index (χ3v) is 26.7. The lowest BCUT2D eigenvalue weighted by molar-refractivity contribution is -0.144. The minimum absolute atomic E-state index is 0.00514. The van der Waals surface area contributed by atoms with Crippen molar-refractivity contribution in [3.05, 3.63) is 54.1 Å². The van der Waals surface area contributed by atoms with Crippen LogP contribution in [0, 0.1) is 28.6 Å². The molecule has 36 N–H and O–H groups in total. The lowest BCUT2D eigenvalue weighted by Crippen LogP contribution is -2.63. The van der Waals surface area contributed by atoms with E-state index in [2.05, 4.69) is 95.7 Å². The smallest absolute Gasteiger partial charge is 0.328 e. The van der Waals surface area contributed by atoms with Crippen molar-refractivity contribution < 1.29 is 142 Å². The van der Waals surface area contributed by atoms with Crippen LogP contribution in [0.4, 0.5) is 0 Å². The highest BCUT2D eigenvalue weighted by Crippen LogP contribution is 2.24. The zero-order valence-corrected chi connectivity index (χ0v) is 86.4. The molecule has 0 aliphatic carbocycles. The number of carbonyl (C=O) groups excluding carboxylic acids is 18. The lowest BCUT2D eigenvalue weighted by atomic mass is 9.99. The van der Waals surface area contributed by atoms with Crippen LogP contribution in [0.25, 0.3) is 0 Å². The molecule has 0 spiro atoms. The van der Waals surface area contributed by atoms with Gasteiger partial charge in [0, 0.05) is 84.9 Å². The Balaban J connectivity index is 1.82. The number of aliphatic carboxylic acids is 3. The number of nitrogens with two attached hydrogens (primary N) is 4. The van der Waals surface area contributed by atoms with Gasteiger partial charge in [0.05, 0.1) is 32.3 Å². The number of carbonyl (C=O) groups is 21. The van der Waals surface area contributed by atoms with Crippen molar-refractivity contribution in [1.82, 2.24) is 101 Å². The number of benzene rings is 1. The Kier molecular flexibility index (Phi) is 57.2. The van der Waals surface area contributed by atoms with E-state index in [1.54, 1.807) is 52.0 Å². The standard InChI is InChI=1S/C90H143N25O29S4/c1-44(2)33-55-76(131)100-54(23-25-67(122)123)74(129)104-57(35-48-18-20-49(120)21-19-48)78(133)110-61(40-145-30-10-11-32-148-43-64(112-71(126)50(91)37-116)87(142)115-28-14-17-65(115)84(139)101-53(73(128)103-55)22-24-66(92)121)81(136)107-59(38-117)80(135)99-52(16-13-27-98-90(95)96)75(130)114-70(47(7)119)86(141)102-51(15-12-26-97-89(93)94)72(127)109-63-42-147-31-9-8-29-146-41-62(82(137)108-60(39-118)88(143)144)111-79(134)58(36-68(124)125)105-77(132)56(34-45(3)4)106-85(140)69(46(5)6)113-83(63)138/h8-11,18-21,44-47,50-65,69-70,116-120H,12-17,22-43,91H2,1-7H3,(H2,92,121)(H,99,135)(H,100,131)(H,101,139)(H,102,141)(H,103,128)(H,104,129)(H,105,132)(H,106,140)(H,107,136)(H,108,137)(H,109,127)(H,110,133)(H,111,134)(H,112,126)(H,113,138)(H,114,130)(H,122,123)(H,124,125)(H,143,144)(H4,93,94,97)(H4,95,96,98)/b9-8+,11-10+/t47-,50+,51+,52+,53+,54+,55+,56+,57+,58+,59+,60+,61+,62+,63+,64+,65+,69+,70+/m1/s1.